The Morgan fingerprint density at radius 2 is 1.89 bits per heavy atom. The van der Waals surface area contributed by atoms with Crippen molar-refractivity contribution in [1.29, 1.82) is 0 Å². The molecular formula is C25H21N7O3S. The number of nitro benzene ring substituents is 1. The van der Waals surface area contributed by atoms with Crippen LogP contribution in [-0.2, 0) is 5.75 Å². The van der Waals surface area contributed by atoms with E-state index in [0.717, 1.165) is 16.8 Å². The third-order valence-corrected chi connectivity index (χ3v) is 6.37. The molecule has 2 aromatic carbocycles. The number of hydrogen-bond acceptors (Lipinski definition) is 9. The molecule has 3 heterocycles. The number of pyridine rings is 1. The second kappa shape index (κ2) is 10.1. The SMILES string of the molecule is CC(C)c1ccccc1-n1c(SCc2nc(-c3cccc([N+](=O)[O-])c3)no2)nnc1-c1cccnc1. The fourth-order valence-corrected chi connectivity index (χ4v) is 4.54. The molecule has 0 saturated heterocycles. The fourth-order valence-electron chi connectivity index (χ4n) is 3.76. The van der Waals surface area contributed by atoms with E-state index in [4.69, 9.17) is 4.52 Å². The number of para-hydroxylation sites is 1. The molecule has 5 aromatic rings. The number of nitrogens with zero attached hydrogens (tertiary/aromatic N) is 7. The van der Waals surface area contributed by atoms with E-state index < -0.39 is 4.92 Å². The molecule has 0 spiro atoms. The molecule has 0 fully saturated rings. The molecule has 0 atom stereocenters. The van der Waals surface area contributed by atoms with Crippen molar-refractivity contribution in [2.24, 2.45) is 0 Å². The van der Waals surface area contributed by atoms with Crippen LogP contribution in [0.25, 0.3) is 28.5 Å². The van der Waals surface area contributed by atoms with Gasteiger partial charge in [0.2, 0.25) is 11.7 Å². The van der Waals surface area contributed by atoms with Gasteiger partial charge in [-0.2, -0.15) is 4.98 Å². The first-order valence-corrected chi connectivity index (χ1v) is 12.1. The lowest BCUT2D eigenvalue weighted by molar-refractivity contribution is -0.384. The van der Waals surface area contributed by atoms with Gasteiger partial charge in [-0.05, 0) is 29.7 Å². The van der Waals surface area contributed by atoms with Crippen LogP contribution in [0.4, 0.5) is 5.69 Å². The summed E-state index contributed by atoms with van der Waals surface area (Å²) < 4.78 is 7.44. The van der Waals surface area contributed by atoms with E-state index in [1.165, 1.54) is 23.9 Å². The first kappa shape index (κ1) is 23.4. The highest BCUT2D eigenvalue weighted by Gasteiger charge is 2.21. The maximum atomic E-state index is 11.1. The van der Waals surface area contributed by atoms with Crippen molar-refractivity contribution in [3.63, 3.8) is 0 Å². The Hall–Kier alpha value is -4.38. The van der Waals surface area contributed by atoms with Crippen molar-refractivity contribution in [1.82, 2.24) is 29.9 Å². The zero-order valence-corrected chi connectivity index (χ0v) is 20.3. The Kier molecular flexibility index (Phi) is 6.54. The molecule has 10 nitrogen and oxygen atoms in total. The molecule has 0 saturated carbocycles. The number of nitro groups is 1. The molecule has 0 aliphatic rings. The van der Waals surface area contributed by atoms with Gasteiger partial charge >= 0.3 is 0 Å². The zero-order valence-electron chi connectivity index (χ0n) is 19.5. The normalized spacial score (nSPS) is 11.2. The van der Waals surface area contributed by atoms with Gasteiger partial charge in [0.25, 0.3) is 5.69 Å². The van der Waals surface area contributed by atoms with Gasteiger partial charge in [0.1, 0.15) is 0 Å². The third kappa shape index (κ3) is 4.73. The Bertz CT molecular complexity index is 1520. The lowest BCUT2D eigenvalue weighted by atomic mass is 10.0. The van der Waals surface area contributed by atoms with Crippen molar-refractivity contribution in [2.75, 3.05) is 0 Å². The molecule has 3 aromatic heterocycles. The van der Waals surface area contributed by atoms with Crippen LogP contribution in [0, 0.1) is 10.1 Å². The number of aromatic nitrogens is 6. The Morgan fingerprint density at radius 3 is 2.67 bits per heavy atom. The van der Waals surface area contributed by atoms with Crippen LogP contribution in [0.3, 0.4) is 0 Å². The number of rotatable bonds is 8. The van der Waals surface area contributed by atoms with Gasteiger partial charge in [-0.3, -0.25) is 19.7 Å². The van der Waals surface area contributed by atoms with Gasteiger partial charge in [0, 0.05) is 35.7 Å². The van der Waals surface area contributed by atoms with Crippen molar-refractivity contribution in [3.05, 3.63) is 94.6 Å². The summed E-state index contributed by atoms with van der Waals surface area (Å²) in [5.74, 6) is 1.97. The Morgan fingerprint density at radius 1 is 1.06 bits per heavy atom. The zero-order chi connectivity index (χ0) is 25.1. The van der Waals surface area contributed by atoms with Gasteiger partial charge in [-0.15, -0.1) is 10.2 Å². The molecule has 0 amide bonds. The van der Waals surface area contributed by atoms with Gasteiger partial charge in [-0.25, -0.2) is 0 Å². The number of thioether (sulfide) groups is 1. The number of benzene rings is 2. The van der Waals surface area contributed by atoms with Crippen LogP contribution in [0.5, 0.6) is 0 Å². The number of non-ortho nitro benzene ring substituents is 1. The van der Waals surface area contributed by atoms with Gasteiger partial charge in [-0.1, -0.05) is 61.1 Å². The second-order valence-corrected chi connectivity index (χ2v) is 9.15. The maximum absolute atomic E-state index is 11.1. The van der Waals surface area contributed by atoms with E-state index in [1.54, 1.807) is 24.5 Å². The molecule has 0 aliphatic carbocycles. The lowest BCUT2D eigenvalue weighted by Gasteiger charge is -2.16. The van der Waals surface area contributed by atoms with E-state index in [1.807, 2.05) is 28.8 Å². The van der Waals surface area contributed by atoms with Crippen LogP contribution < -0.4 is 0 Å². The third-order valence-electron chi connectivity index (χ3n) is 5.46. The van der Waals surface area contributed by atoms with Crippen molar-refractivity contribution < 1.29 is 9.45 Å². The van der Waals surface area contributed by atoms with Crippen LogP contribution >= 0.6 is 11.8 Å². The topological polar surface area (TPSA) is 126 Å². The van der Waals surface area contributed by atoms with Crippen molar-refractivity contribution >= 4 is 17.4 Å². The minimum atomic E-state index is -0.456. The van der Waals surface area contributed by atoms with Crippen LogP contribution in [0.15, 0.2) is 82.7 Å². The van der Waals surface area contributed by atoms with E-state index in [9.17, 15) is 10.1 Å². The summed E-state index contributed by atoms with van der Waals surface area (Å²) in [6.45, 7) is 4.29. The quantitative estimate of drug-likeness (QED) is 0.150. The molecular weight excluding hydrogens is 478 g/mol. The predicted octanol–water partition coefficient (Wildman–Crippen LogP) is 5.70. The number of hydrogen-bond donors (Lipinski definition) is 0. The van der Waals surface area contributed by atoms with Gasteiger partial charge in [0.15, 0.2) is 11.0 Å². The standard InChI is InChI=1S/C25H21N7O3S/c1-16(2)20-10-3-4-11-21(20)31-24(18-8-6-12-26-14-18)28-29-25(31)36-15-22-27-23(30-35-22)17-7-5-9-19(13-17)32(33)34/h3-14,16H,15H2,1-2H3. The van der Waals surface area contributed by atoms with Crippen LogP contribution in [0.1, 0.15) is 31.2 Å². The summed E-state index contributed by atoms with van der Waals surface area (Å²) in [5.41, 5.74) is 3.48. The van der Waals surface area contributed by atoms with E-state index in [2.05, 4.69) is 51.3 Å². The molecule has 36 heavy (non-hydrogen) atoms. The highest BCUT2D eigenvalue weighted by Crippen LogP contribution is 2.33. The average molecular weight is 500 g/mol. The monoisotopic (exact) mass is 499 g/mol. The minimum Gasteiger partial charge on any atom is -0.338 e. The van der Waals surface area contributed by atoms with Crippen LogP contribution in [-0.4, -0.2) is 34.8 Å². The van der Waals surface area contributed by atoms with E-state index in [0.29, 0.717) is 28.2 Å². The molecule has 180 valence electrons. The molecule has 0 bridgehead atoms. The van der Waals surface area contributed by atoms with Crippen molar-refractivity contribution in [3.8, 4) is 28.5 Å². The summed E-state index contributed by atoms with van der Waals surface area (Å²) in [6, 6.07) is 18.1. The fraction of sp³-hybridized carbons (Fsp3) is 0.160. The van der Waals surface area contributed by atoms with E-state index in [-0.39, 0.29) is 17.4 Å². The molecule has 5 rings (SSSR count). The summed E-state index contributed by atoms with van der Waals surface area (Å²) in [6.07, 6.45) is 3.48. The first-order valence-electron chi connectivity index (χ1n) is 11.2. The minimum absolute atomic E-state index is 0.0342. The maximum Gasteiger partial charge on any atom is 0.270 e. The highest BCUT2D eigenvalue weighted by atomic mass is 32.2. The first-order chi connectivity index (χ1) is 17.5. The Labute approximate surface area is 210 Å². The average Bonchev–Trinajstić information content (AvgIpc) is 3.55. The summed E-state index contributed by atoms with van der Waals surface area (Å²) in [4.78, 5) is 19.3. The highest BCUT2D eigenvalue weighted by molar-refractivity contribution is 7.98. The molecule has 0 radical (unpaired) electrons. The van der Waals surface area contributed by atoms with Crippen molar-refractivity contribution in [2.45, 2.75) is 30.7 Å². The Balaban J connectivity index is 1.47. The lowest BCUT2D eigenvalue weighted by Crippen LogP contribution is -2.05. The van der Waals surface area contributed by atoms with Gasteiger partial charge < -0.3 is 4.52 Å². The summed E-state index contributed by atoms with van der Waals surface area (Å²) in [5, 5.41) is 24.7. The second-order valence-electron chi connectivity index (χ2n) is 8.20. The molecule has 0 N–H and O–H groups in total. The predicted molar refractivity (Wildman–Crippen MR) is 135 cm³/mol. The summed E-state index contributed by atoms with van der Waals surface area (Å²) >= 11 is 1.41. The summed E-state index contributed by atoms with van der Waals surface area (Å²) in [7, 11) is 0. The molecule has 0 unspecified atom stereocenters. The largest absolute Gasteiger partial charge is 0.338 e. The molecule has 0 aliphatic heterocycles. The van der Waals surface area contributed by atoms with Crippen LogP contribution in [0.2, 0.25) is 0 Å². The smallest absolute Gasteiger partial charge is 0.270 e. The molecule has 11 heteroatoms. The van der Waals surface area contributed by atoms with E-state index >= 15 is 0 Å². The van der Waals surface area contributed by atoms with Gasteiger partial charge in [0.05, 0.1) is 16.4 Å².